The molecule has 0 saturated carbocycles. The largest absolute Gasteiger partial charge is 0.399 e. The minimum atomic E-state index is 0. The lowest BCUT2D eigenvalue weighted by Crippen LogP contribution is -2.30. The van der Waals surface area contributed by atoms with Crippen LogP contribution in [-0.2, 0) is 6.54 Å². The Bertz CT molecular complexity index is 607. The van der Waals surface area contributed by atoms with Crippen molar-refractivity contribution in [1.82, 2.24) is 14.3 Å². The number of aromatic nitrogens is 2. The standard InChI is InChI=1S/C15H21N5S.2ClH/c1-12-17-15(21-18-12)20-7-3-6-19(8-9-20)11-13-4-2-5-14(16)10-13;;/h2,4-5,10H,3,6-9,11,16H2,1H3;2*1H. The molecule has 0 amide bonds. The van der Waals surface area contributed by atoms with E-state index >= 15 is 0 Å². The van der Waals surface area contributed by atoms with Gasteiger partial charge < -0.3 is 10.6 Å². The number of hydrogen-bond acceptors (Lipinski definition) is 6. The highest BCUT2D eigenvalue weighted by atomic mass is 35.5. The first kappa shape index (κ1) is 20.0. The lowest BCUT2D eigenvalue weighted by Gasteiger charge is -2.21. The molecule has 0 bridgehead atoms. The topological polar surface area (TPSA) is 58.3 Å². The molecule has 23 heavy (non-hydrogen) atoms. The normalized spacial score (nSPS) is 15.4. The van der Waals surface area contributed by atoms with Crippen LogP contribution in [0, 0.1) is 6.92 Å². The molecule has 5 nitrogen and oxygen atoms in total. The van der Waals surface area contributed by atoms with E-state index < -0.39 is 0 Å². The summed E-state index contributed by atoms with van der Waals surface area (Å²) in [5.41, 5.74) is 7.98. The number of benzene rings is 1. The van der Waals surface area contributed by atoms with Crippen LogP contribution in [0.2, 0.25) is 0 Å². The van der Waals surface area contributed by atoms with Crippen molar-refractivity contribution >= 4 is 47.2 Å². The van der Waals surface area contributed by atoms with Gasteiger partial charge in [-0.15, -0.1) is 24.8 Å². The van der Waals surface area contributed by atoms with Gasteiger partial charge in [-0.25, -0.2) is 4.98 Å². The molecule has 0 unspecified atom stereocenters. The Morgan fingerprint density at radius 2 is 2.00 bits per heavy atom. The highest BCUT2D eigenvalue weighted by Crippen LogP contribution is 2.19. The second-order valence-corrected chi connectivity index (χ2v) is 6.22. The number of nitrogens with two attached hydrogens (primary N) is 1. The monoisotopic (exact) mass is 375 g/mol. The summed E-state index contributed by atoms with van der Waals surface area (Å²) in [7, 11) is 0. The molecule has 0 atom stereocenters. The Labute approximate surface area is 153 Å². The van der Waals surface area contributed by atoms with Crippen molar-refractivity contribution in [1.29, 1.82) is 0 Å². The molecule has 2 aromatic rings. The summed E-state index contributed by atoms with van der Waals surface area (Å²) in [6.07, 6.45) is 1.15. The van der Waals surface area contributed by atoms with Gasteiger partial charge in [0.15, 0.2) is 0 Å². The summed E-state index contributed by atoms with van der Waals surface area (Å²) in [6, 6.07) is 8.17. The third-order valence-corrected chi connectivity index (χ3v) is 4.60. The molecule has 0 radical (unpaired) electrons. The fourth-order valence-electron chi connectivity index (χ4n) is 2.68. The second-order valence-electron chi connectivity index (χ2n) is 5.49. The summed E-state index contributed by atoms with van der Waals surface area (Å²) < 4.78 is 4.28. The van der Waals surface area contributed by atoms with Crippen LogP contribution < -0.4 is 10.6 Å². The summed E-state index contributed by atoms with van der Waals surface area (Å²) >= 11 is 1.50. The average Bonchev–Trinajstić information content (AvgIpc) is 2.75. The Hall–Kier alpha value is -1.08. The van der Waals surface area contributed by atoms with Gasteiger partial charge in [0.05, 0.1) is 0 Å². The van der Waals surface area contributed by atoms with E-state index in [1.807, 2.05) is 19.1 Å². The molecule has 1 saturated heterocycles. The Morgan fingerprint density at radius 1 is 1.17 bits per heavy atom. The van der Waals surface area contributed by atoms with E-state index in [1.165, 1.54) is 17.1 Å². The van der Waals surface area contributed by atoms with Gasteiger partial charge in [0, 0.05) is 49.9 Å². The zero-order chi connectivity index (χ0) is 14.7. The zero-order valence-electron chi connectivity index (χ0n) is 13.1. The first-order valence-corrected chi connectivity index (χ1v) is 8.10. The van der Waals surface area contributed by atoms with Gasteiger partial charge in [-0.05, 0) is 31.0 Å². The molecule has 1 aromatic heterocycles. The van der Waals surface area contributed by atoms with Gasteiger partial charge in [0.1, 0.15) is 5.82 Å². The van der Waals surface area contributed by atoms with E-state index in [0.717, 1.165) is 55.8 Å². The van der Waals surface area contributed by atoms with Crippen LogP contribution in [0.4, 0.5) is 10.8 Å². The third-order valence-electron chi connectivity index (χ3n) is 3.73. The van der Waals surface area contributed by atoms with Crippen molar-refractivity contribution in [2.75, 3.05) is 36.8 Å². The quantitative estimate of drug-likeness (QED) is 0.835. The Morgan fingerprint density at radius 3 is 2.70 bits per heavy atom. The zero-order valence-corrected chi connectivity index (χ0v) is 15.6. The molecule has 128 valence electrons. The van der Waals surface area contributed by atoms with Crippen molar-refractivity contribution in [3.05, 3.63) is 35.7 Å². The molecule has 1 aliphatic rings. The molecule has 0 spiro atoms. The SMILES string of the molecule is Cc1nsc(N2CCCN(Cc3cccc(N)c3)CC2)n1.Cl.Cl. The maximum Gasteiger partial charge on any atom is 0.205 e. The number of aryl methyl sites for hydroxylation is 1. The van der Waals surface area contributed by atoms with Crippen molar-refractivity contribution in [3.8, 4) is 0 Å². The summed E-state index contributed by atoms with van der Waals surface area (Å²) in [4.78, 5) is 9.33. The number of anilines is 2. The van der Waals surface area contributed by atoms with Crippen molar-refractivity contribution in [2.45, 2.75) is 19.9 Å². The van der Waals surface area contributed by atoms with Crippen molar-refractivity contribution in [2.24, 2.45) is 0 Å². The maximum atomic E-state index is 5.85. The first-order valence-electron chi connectivity index (χ1n) is 7.33. The highest BCUT2D eigenvalue weighted by Gasteiger charge is 2.17. The predicted molar refractivity (Wildman–Crippen MR) is 102 cm³/mol. The van der Waals surface area contributed by atoms with Crippen LogP contribution in [0.15, 0.2) is 24.3 Å². The van der Waals surface area contributed by atoms with E-state index in [9.17, 15) is 0 Å². The molecule has 1 aromatic carbocycles. The summed E-state index contributed by atoms with van der Waals surface area (Å²) in [5.74, 6) is 0.871. The van der Waals surface area contributed by atoms with Crippen molar-refractivity contribution in [3.63, 3.8) is 0 Å². The molecule has 1 aliphatic heterocycles. The molecule has 2 heterocycles. The number of rotatable bonds is 3. The lowest BCUT2D eigenvalue weighted by molar-refractivity contribution is 0.285. The van der Waals surface area contributed by atoms with Crippen LogP contribution in [-0.4, -0.2) is 40.4 Å². The number of halogens is 2. The van der Waals surface area contributed by atoms with Gasteiger partial charge in [-0.1, -0.05) is 12.1 Å². The van der Waals surface area contributed by atoms with Crippen LogP contribution in [0.25, 0.3) is 0 Å². The van der Waals surface area contributed by atoms with Crippen molar-refractivity contribution < 1.29 is 0 Å². The highest BCUT2D eigenvalue weighted by molar-refractivity contribution is 7.09. The Balaban J connectivity index is 0.00000132. The molecule has 2 N–H and O–H groups in total. The van der Waals surface area contributed by atoms with Crippen LogP contribution in [0.5, 0.6) is 0 Å². The van der Waals surface area contributed by atoms with Gasteiger partial charge >= 0.3 is 0 Å². The number of nitrogens with zero attached hydrogens (tertiary/aromatic N) is 4. The van der Waals surface area contributed by atoms with Gasteiger partial charge in [-0.3, -0.25) is 4.90 Å². The molecular formula is C15H23Cl2N5S. The van der Waals surface area contributed by atoms with Crippen LogP contribution >= 0.6 is 36.3 Å². The van der Waals surface area contributed by atoms with Crippen LogP contribution in [0.1, 0.15) is 17.8 Å². The molecule has 1 fully saturated rings. The number of hydrogen-bond donors (Lipinski definition) is 1. The average molecular weight is 376 g/mol. The predicted octanol–water partition coefficient (Wildman–Crippen LogP) is 2.98. The van der Waals surface area contributed by atoms with E-state index in [1.54, 1.807) is 0 Å². The molecule has 8 heteroatoms. The third kappa shape index (κ3) is 5.49. The maximum absolute atomic E-state index is 5.85. The van der Waals surface area contributed by atoms with Gasteiger partial charge in [-0.2, -0.15) is 4.37 Å². The minimum absolute atomic E-state index is 0. The Kier molecular flexibility index (Phi) is 8.05. The fraction of sp³-hybridized carbons (Fsp3) is 0.467. The lowest BCUT2D eigenvalue weighted by atomic mass is 10.2. The summed E-state index contributed by atoms with van der Waals surface area (Å²) in [5, 5.41) is 1.05. The second kappa shape index (κ2) is 9.27. The fourth-order valence-corrected chi connectivity index (χ4v) is 3.41. The molecule has 0 aliphatic carbocycles. The molecule has 3 rings (SSSR count). The van der Waals surface area contributed by atoms with Gasteiger partial charge in [0.25, 0.3) is 0 Å². The van der Waals surface area contributed by atoms with E-state index in [-0.39, 0.29) is 24.8 Å². The van der Waals surface area contributed by atoms with E-state index in [2.05, 4.69) is 31.3 Å². The smallest absolute Gasteiger partial charge is 0.205 e. The minimum Gasteiger partial charge on any atom is -0.399 e. The molecular weight excluding hydrogens is 353 g/mol. The van der Waals surface area contributed by atoms with E-state index in [4.69, 9.17) is 5.73 Å². The summed E-state index contributed by atoms with van der Waals surface area (Å²) in [6.45, 7) is 7.15. The van der Waals surface area contributed by atoms with E-state index in [0.29, 0.717) is 0 Å². The van der Waals surface area contributed by atoms with Crippen LogP contribution in [0.3, 0.4) is 0 Å². The first-order chi connectivity index (χ1) is 10.2. The number of nitrogen functional groups attached to an aromatic ring is 1. The van der Waals surface area contributed by atoms with Gasteiger partial charge in [0.2, 0.25) is 5.13 Å².